The summed E-state index contributed by atoms with van der Waals surface area (Å²) >= 11 is 3.46. The molecule has 4 nitrogen and oxygen atoms in total. The number of rotatable bonds is 6. The van der Waals surface area contributed by atoms with Gasteiger partial charge in [0.2, 0.25) is 0 Å². The van der Waals surface area contributed by atoms with Crippen molar-refractivity contribution in [3.63, 3.8) is 0 Å². The van der Waals surface area contributed by atoms with Crippen molar-refractivity contribution in [1.29, 1.82) is 0 Å². The molecule has 0 heterocycles. The molecule has 0 aliphatic rings. The van der Waals surface area contributed by atoms with E-state index in [1.807, 2.05) is 18.2 Å². The highest BCUT2D eigenvalue weighted by Gasteiger charge is 2.26. The first kappa shape index (κ1) is 19.8. The van der Waals surface area contributed by atoms with E-state index in [4.69, 9.17) is 4.74 Å². The van der Waals surface area contributed by atoms with Gasteiger partial charge >= 0.3 is 6.03 Å². The Morgan fingerprint density at radius 3 is 2.43 bits per heavy atom. The summed E-state index contributed by atoms with van der Waals surface area (Å²) in [5, 5.41) is 5.97. The highest BCUT2D eigenvalue weighted by atomic mass is 79.9. The Morgan fingerprint density at radius 2 is 1.87 bits per heavy atom. The number of halogens is 1. The monoisotopic (exact) mass is 384 g/mol. The Labute approximate surface area is 148 Å². The summed E-state index contributed by atoms with van der Waals surface area (Å²) in [7, 11) is 1.65. The molecule has 0 bridgehead atoms. The normalized spacial score (nSPS) is 12.0. The van der Waals surface area contributed by atoms with Crippen LogP contribution in [0, 0.1) is 5.41 Å². The first-order chi connectivity index (χ1) is 10.5. The van der Waals surface area contributed by atoms with Crippen LogP contribution in [0.25, 0.3) is 0 Å². The Bertz CT molecular complexity index is 536. The van der Waals surface area contributed by atoms with Crippen LogP contribution >= 0.6 is 15.9 Å². The van der Waals surface area contributed by atoms with Crippen molar-refractivity contribution in [2.75, 3.05) is 13.7 Å². The standard InChI is InChI=1S/C18H29BrN2O2/c1-17(2,3)12-18(4,5)21-16(22)20-10-9-13-11-14(19)7-8-15(13)23-6/h7-8,11H,9-10,12H2,1-6H3,(H2,20,21,22). The highest BCUT2D eigenvalue weighted by Crippen LogP contribution is 2.26. The van der Waals surface area contributed by atoms with Gasteiger partial charge in [0, 0.05) is 16.6 Å². The SMILES string of the molecule is COc1ccc(Br)cc1CCNC(=O)NC(C)(C)CC(C)(C)C. The summed E-state index contributed by atoms with van der Waals surface area (Å²) < 4.78 is 6.35. The third-order valence-electron chi connectivity index (χ3n) is 3.35. The van der Waals surface area contributed by atoms with E-state index in [9.17, 15) is 4.79 Å². The van der Waals surface area contributed by atoms with Crippen LogP contribution in [0.15, 0.2) is 22.7 Å². The summed E-state index contributed by atoms with van der Waals surface area (Å²) in [6, 6.07) is 5.75. The zero-order valence-corrected chi connectivity index (χ0v) is 16.6. The number of carbonyl (C=O) groups excluding carboxylic acids is 1. The Hall–Kier alpha value is -1.23. The maximum absolute atomic E-state index is 12.1. The fourth-order valence-electron chi connectivity index (χ4n) is 2.97. The van der Waals surface area contributed by atoms with E-state index in [1.54, 1.807) is 7.11 Å². The van der Waals surface area contributed by atoms with Crippen molar-refractivity contribution < 1.29 is 9.53 Å². The molecule has 2 N–H and O–H groups in total. The molecule has 1 aromatic carbocycles. The van der Waals surface area contributed by atoms with Gasteiger partial charge in [0.05, 0.1) is 7.11 Å². The average Bonchev–Trinajstić information content (AvgIpc) is 2.35. The van der Waals surface area contributed by atoms with E-state index in [1.165, 1.54) is 0 Å². The van der Waals surface area contributed by atoms with Crippen LogP contribution in [0.2, 0.25) is 0 Å². The summed E-state index contributed by atoms with van der Waals surface area (Å²) in [5.41, 5.74) is 0.993. The molecule has 0 atom stereocenters. The first-order valence-corrected chi connectivity index (χ1v) is 8.70. The maximum atomic E-state index is 12.1. The van der Waals surface area contributed by atoms with Gasteiger partial charge in [-0.15, -0.1) is 0 Å². The minimum absolute atomic E-state index is 0.131. The largest absolute Gasteiger partial charge is 0.496 e. The lowest BCUT2D eigenvalue weighted by Crippen LogP contribution is -2.50. The summed E-state index contributed by atoms with van der Waals surface area (Å²) in [5.74, 6) is 0.837. The predicted molar refractivity (Wildman–Crippen MR) is 99.1 cm³/mol. The number of nitrogens with one attached hydrogen (secondary N) is 2. The van der Waals surface area contributed by atoms with E-state index >= 15 is 0 Å². The number of methoxy groups -OCH3 is 1. The average molecular weight is 385 g/mol. The minimum Gasteiger partial charge on any atom is -0.496 e. The predicted octanol–water partition coefficient (Wildman–Crippen LogP) is 4.51. The fourth-order valence-corrected chi connectivity index (χ4v) is 3.38. The molecular weight excluding hydrogens is 356 g/mol. The molecule has 0 aliphatic heterocycles. The second-order valence-electron chi connectivity index (χ2n) is 7.71. The molecule has 0 unspecified atom stereocenters. The molecular formula is C18H29BrN2O2. The van der Waals surface area contributed by atoms with Crippen LogP contribution in [-0.4, -0.2) is 25.2 Å². The first-order valence-electron chi connectivity index (χ1n) is 7.91. The van der Waals surface area contributed by atoms with Gasteiger partial charge in [-0.25, -0.2) is 4.79 Å². The van der Waals surface area contributed by atoms with E-state index in [0.717, 1.165) is 28.6 Å². The Morgan fingerprint density at radius 1 is 1.22 bits per heavy atom. The molecule has 2 amide bonds. The molecule has 5 heteroatoms. The smallest absolute Gasteiger partial charge is 0.315 e. The summed E-state index contributed by atoms with van der Waals surface area (Å²) in [4.78, 5) is 12.1. The lowest BCUT2D eigenvalue weighted by Gasteiger charge is -2.33. The van der Waals surface area contributed by atoms with E-state index in [-0.39, 0.29) is 17.0 Å². The molecule has 23 heavy (non-hydrogen) atoms. The zero-order valence-electron chi connectivity index (χ0n) is 15.0. The van der Waals surface area contributed by atoms with Crippen LogP contribution in [0.5, 0.6) is 5.75 Å². The quantitative estimate of drug-likeness (QED) is 0.757. The Kier molecular flexibility index (Phi) is 6.93. The zero-order chi connectivity index (χ0) is 17.7. The van der Waals surface area contributed by atoms with E-state index in [2.05, 4.69) is 61.2 Å². The van der Waals surface area contributed by atoms with Gasteiger partial charge in [0.1, 0.15) is 5.75 Å². The number of amides is 2. The fraction of sp³-hybridized carbons (Fsp3) is 0.611. The molecule has 1 aromatic rings. The number of urea groups is 1. The number of ether oxygens (including phenoxy) is 1. The van der Waals surface area contributed by atoms with Gasteiger partial charge in [0.15, 0.2) is 0 Å². The van der Waals surface area contributed by atoms with Gasteiger partial charge in [-0.3, -0.25) is 0 Å². The molecule has 0 fully saturated rings. The molecule has 0 radical (unpaired) electrons. The third-order valence-corrected chi connectivity index (χ3v) is 3.84. The van der Waals surface area contributed by atoms with Gasteiger partial charge in [-0.2, -0.15) is 0 Å². The van der Waals surface area contributed by atoms with Crippen molar-refractivity contribution >= 4 is 22.0 Å². The van der Waals surface area contributed by atoms with Gasteiger partial charge in [-0.05, 0) is 55.9 Å². The topological polar surface area (TPSA) is 50.4 Å². The van der Waals surface area contributed by atoms with Crippen LogP contribution in [0.4, 0.5) is 4.79 Å². The molecule has 130 valence electrons. The molecule has 0 saturated heterocycles. The van der Waals surface area contributed by atoms with Crippen molar-refractivity contribution in [2.45, 2.75) is 53.0 Å². The molecule has 1 rings (SSSR count). The second-order valence-corrected chi connectivity index (χ2v) is 8.62. The van der Waals surface area contributed by atoms with Crippen molar-refractivity contribution in [1.82, 2.24) is 10.6 Å². The number of carbonyl (C=O) groups is 1. The number of benzene rings is 1. The lowest BCUT2D eigenvalue weighted by molar-refractivity contribution is 0.210. The van der Waals surface area contributed by atoms with Gasteiger partial charge in [-0.1, -0.05) is 36.7 Å². The molecule has 0 aliphatic carbocycles. The number of hydrogen-bond donors (Lipinski definition) is 2. The molecule has 0 spiro atoms. The van der Waals surface area contributed by atoms with Crippen LogP contribution in [0.3, 0.4) is 0 Å². The van der Waals surface area contributed by atoms with Crippen LogP contribution in [0.1, 0.15) is 46.6 Å². The van der Waals surface area contributed by atoms with Crippen molar-refractivity contribution in [3.05, 3.63) is 28.2 Å². The second kappa shape index (κ2) is 8.04. The molecule has 0 aromatic heterocycles. The van der Waals surface area contributed by atoms with Crippen LogP contribution < -0.4 is 15.4 Å². The highest BCUT2D eigenvalue weighted by molar-refractivity contribution is 9.10. The number of hydrogen-bond acceptors (Lipinski definition) is 2. The third kappa shape index (κ3) is 7.73. The van der Waals surface area contributed by atoms with Gasteiger partial charge < -0.3 is 15.4 Å². The van der Waals surface area contributed by atoms with Crippen LogP contribution in [-0.2, 0) is 6.42 Å². The minimum atomic E-state index is -0.240. The van der Waals surface area contributed by atoms with Gasteiger partial charge in [0.25, 0.3) is 0 Å². The summed E-state index contributed by atoms with van der Waals surface area (Å²) in [6.07, 6.45) is 1.63. The Balaban J connectivity index is 2.50. The van der Waals surface area contributed by atoms with E-state index in [0.29, 0.717) is 6.54 Å². The van der Waals surface area contributed by atoms with Crippen molar-refractivity contribution in [3.8, 4) is 5.75 Å². The van der Waals surface area contributed by atoms with Crippen molar-refractivity contribution in [2.24, 2.45) is 5.41 Å². The maximum Gasteiger partial charge on any atom is 0.315 e. The molecule has 0 saturated carbocycles. The lowest BCUT2D eigenvalue weighted by atomic mass is 9.82. The summed E-state index contributed by atoms with van der Waals surface area (Å²) in [6.45, 7) is 11.2. The van der Waals surface area contributed by atoms with E-state index < -0.39 is 0 Å².